The van der Waals surface area contributed by atoms with E-state index in [0.717, 1.165) is 0 Å². The number of carbonyl (C=O) groups excluding carboxylic acids is 3. The molecule has 0 fully saturated rings. The number of benzene rings is 2. The molecule has 2 N–H and O–H groups in total. The van der Waals surface area contributed by atoms with Gasteiger partial charge in [0, 0.05) is 11.3 Å². The van der Waals surface area contributed by atoms with Gasteiger partial charge in [-0.2, -0.15) is 0 Å². The van der Waals surface area contributed by atoms with Crippen LogP contribution in [0.1, 0.15) is 18.5 Å². The highest BCUT2D eigenvalue weighted by Gasteiger charge is 2.43. The van der Waals surface area contributed by atoms with Crippen LogP contribution in [0, 0.1) is 5.82 Å². The molecule has 2 aromatic carbocycles. The number of para-hydroxylation sites is 1. The Morgan fingerprint density at radius 3 is 2.71 bits per heavy atom. The first-order chi connectivity index (χ1) is 15.0. The maximum absolute atomic E-state index is 13.1. The van der Waals surface area contributed by atoms with Crippen molar-refractivity contribution in [3.05, 3.63) is 71.2 Å². The lowest BCUT2D eigenvalue weighted by Crippen LogP contribution is -2.49. The van der Waals surface area contributed by atoms with Crippen LogP contribution in [0.15, 0.2) is 59.8 Å². The van der Waals surface area contributed by atoms with E-state index < -0.39 is 29.8 Å². The maximum Gasteiger partial charge on any atom is 0.338 e. The molecule has 0 spiro atoms. The molecule has 4 rings (SSSR count). The Balaban J connectivity index is 1.61. The second kappa shape index (κ2) is 8.47. The SMILES string of the molecule is CCOc1ccccc1[C@H]1NC(=O)N(CC(=O)Nc2ccc(F)cc2)C2=C1C(=O)OC2. The van der Waals surface area contributed by atoms with E-state index in [1.165, 1.54) is 29.2 Å². The van der Waals surface area contributed by atoms with Gasteiger partial charge in [0.2, 0.25) is 5.91 Å². The van der Waals surface area contributed by atoms with Gasteiger partial charge < -0.3 is 20.1 Å². The fraction of sp³-hybridized carbons (Fsp3) is 0.227. The molecule has 1 atom stereocenters. The van der Waals surface area contributed by atoms with Crippen LogP contribution in [0.3, 0.4) is 0 Å². The molecule has 0 radical (unpaired) electrons. The zero-order valence-corrected chi connectivity index (χ0v) is 16.7. The monoisotopic (exact) mass is 425 g/mol. The molecule has 0 bridgehead atoms. The van der Waals surface area contributed by atoms with Crippen molar-refractivity contribution in [2.24, 2.45) is 0 Å². The van der Waals surface area contributed by atoms with Gasteiger partial charge in [0.25, 0.3) is 0 Å². The van der Waals surface area contributed by atoms with Crippen molar-refractivity contribution in [1.29, 1.82) is 0 Å². The molecule has 2 aliphatic rings. The molecule has 2 aliphatic heterocycles. The van der Waals surface area contributed by atoms with Crippen LogP contribution >= 0.6 is 0 Å². The number of nitrogens with one attached hydrogen (secondary N) is 2. The van der Waals surface area contributed by atoms with Crippen molar-refractivity contribution in [3.8, 4) is 5.75 Å². The normalized spacial score (nSPS) is 17.7. The summed E-state index contributed by atoms with van der Waals surface area (Å²) in [5.41, 5.74) is 1.61. The predicted octanol–water partition coefficient (Wildman–Crippen LogP) is 2.74. The highest BCUT2D eigenvalue weighted by molar-refractivity contribution is 6.00. The van der Waals surface area contributed by atoms with Gasteiger partial charge in [-0.05, 0) is 37.3 Å². The van der Waals surface area contributed by atoms with Crippen LogP contribution < -0.4 is 15.4 Å². The third-order valence-corrected chi connectivity index (χ3v) is 4.96. The summed E-state index contributed by atoms with van der Waals surface area (Å²) in [7, 11) is 0. The molecule has 0 saturated carbocycles. The molecule has 9 heteroatoms. The maximum atomic E-state index is 13.1. The highest BCUT2D eigenvalue weighted by atomic mass is 19.1. The van der Waals surface area contributed by atoms with E-state index in [2.05, 4.69) is 10.6 Å². The number of carbonyl (C=O) groups is 3. The van der Waals surface area contributed by atoms with Crippen molar-refractivity contribution >= 4 is 23.6 Å². The Kier molecular flexibility index (Phi) is 5.57. The minimum absolute atomic E-state index is 0.112. The number of rotatable bonds is 6. The number of nitrogens with zero attached hydrogens (tertiary/aromatic N) is 1. The van der Waals surface area contributed by atoms with Crippen LogP contribution in [0.25, 0.3) is 0 Å². The summed E-state index contributed by atoms with van der Waals surface area (Å²) in [5, 5.41) is 5.38. The van der Waals surface area contributed by atoms with Gasteiger partial charge in [-0.1, -0.05) is 18.2 Å². The second-order valence-electron chi connectivity index (χ2n) is 6.93. The molecule has 0 saturated heterocycles. The fourth-order valence-corrected chi connectivity index (χ4v) is 3.59. The van der Waals surface area contributed by atoms with Crippen LogP contribution in [0.5, 0.6) is 5.75 Å². The van der Waals surface area contributed by atoms with Crippen LogP contribution in [0.4, 0.5) is 14.9 Å². The molecule has 3 amide bonds. The highest BCUT2D eigenvalue weighted by Crippen LogP contribution is 2.38. The minimum Gasteiger partial charge on any atom is -0.494 e. The van der Waals surface area contributed by atoms with Crippen molar-refractivity contribution in [1.82, 2.24) is 10.2 Å². The van der Waals surface area contributed by atoms with Crippen molar-refractivity contribution < 1.29 is 28.2 Å². The lowest BCUT2D eigenvalue weighted by Gasteiger charge is -2.33. The number of esters is 1. The topological polar surface area (TPSA) is 97.0 Å². The first-order valence-corrected chi connectivity index (χ1v) is 9.73. The molecule has 0 aromatic heterocycles. The molecule has 0 unspecified atom stereocenters. The summed E-state index contributed by atoms with van der Waals surface area (Å²) < 4.78 is 23.9. The largest absolute Gasteiger partial charge is 0.494 e. The first kappa shape index (κ1) is 20.4. The van der Waals surface area contributed by atoms with Gasteiger partial charge in [0.15, 0.2) is 0 Å². The summed E-state index contributed by atoms with van der Waals surface area (Å²) >= 11 is 0. The summed E-state index contributed by atoms with van der Waals surface area (Å²) in [5.74, 6) is -0.941. The molecule has 160 valence electrons. The number of hydrogen-bond acceptors (Lipinski definition) is 5. The van der Waals surface area contributed by atoms with Gasteiger partial charge >= 0.3 is 12.0 Å². The predicted molar refractivity (Wildman–Crippen MR) is 109 cm³/mol. The second-order valence-corrected chi connectivity index (χ2v) is 6.93. The summed E-state index contributed by atoms with van der Waals surface area (Å²) in [4.78, 5) is 39.0. The number of urea groups is 1. The third kappa shape index (κ3) is 4.07. The third-order valence-electron chi connectivity index (χ3n) is 4.96. The smallest absolute Gasteiger partial charge is 0.338 e. The van der Waals surface area contributed by atoms with E-state index in [1.807, 2.05) is 6.92 Å². The number of cyclic esters (lactones) is 1. The van der Waals surface area contributed by atoms with E-state index >= 15 is 0 Å². The minimum atomic E-state index is -0.753. The Labute approximate surface area is 177 Å². The summed E-state index contributed by atoms with van der Waals surface area (Å²) in [6, 6.07) is 11.1. The standard InChI is InChI=1S/C22H20FN3O5/c1-2-30-17-6-4-3-5-15(17)20-19-16(12-31-21(19)28)26(22(29)25-20)11-18(27)24-14-9-7-13(23)8-10-14/h3-10,20H,2,11-12H2,1H3,(H,24,27)(H,25,29)/t20-/m1/s1. The lowest BCUT2D eigenvalue weighted by molar-refractivity contribution is -0.136. The van der Waals surface area contributed by atoms with Crippen molar-refractivity contribution in [2.75, 3.05) is 25.1 Å². The average molecular weight is 425 g/mol. The van der Waals surface area contributed by atoms with Crippen LogP contribution in [-0.4, -0.2) is 42.6 Å². The van der Waals surface area contributed by atoms with Crippen molar-refractivity contribution in [2.45, 2.75) is 13.0 Å². The molecule has 31 heavy (non-hydrogen) atoms. The quantitative estimate of drug-likeness (QED) is 0.694. The van der Waals surface area contributed by atoms with Crippen molar-refractivity contribution in [3.63, 3.8) is 0 Å². The van der Waals surface area contributed by atoms with Gasteiger partial charge in [-0.15, -0.1) is 0 Å². The van der Waals surface area contributed by atoms with Gasteiger partial charge in [0.05, 0.1) is 23.9 Å². The molecular formula is C22H20FN3O5. The molecule has 8 nitrogen and oxygen atoms in total. The first-order valence-electron chi connectivity index (χ1n) is 9.73. The summed E-state index contributed by atoms with van der Waals surface area (Å²) in [6.45, 7) is 1.81. The number of ether oxygens (including phenoxy) is 2. The van der Waals surface area contributed by atoms with E-state index in [9.17, 15) is 18.8 Å². The number of hydrogen-bond donors (Lipinski definition) is 2. The van der Waals surface area contributed by atoms with E-state index in [1.54, 1.807) is 24.3 Å². The Bertz CT molecular complexity index is 1070. The Hall–Kier alpha value is -3.88. The molecule has 0 aliphatic carbocycles. The Morgan fingerprint density at radius 2 is 1.97 bits per heavy atom. The molecular weight excluding hydrogens is 405 g/mol. The van der Waals surface area contributed by atoms with Gasteiger partial charge in [-0.25, -0.2) is 14.0 Å². The van der Waals surface area contributed by atoms with Crippen LogP contribution in [0.2, 0.25) is 0 Å². The number of halogens is 1. The number of amides is 3. The molecule has 2 heterocycles. The zero-order chi connectivity index (χ0) is 22.0. The van der Waals surface area contributed by atoms with Gasteiger partial charge in [0.1, 0.15) is 24.7 Å². The lowest BCUT2D eigenvalue weighted by atomic mass is 9.95. The summed E-state index contributed by atoms with van der Waals surface area (Å²) in [6.07, 6.45) is 0. The fourth-order valence-electron chi connectivity index (χ4n) is 3.59. The van der Waals surface area contributed by atoms with E-state index in [0.29, 0.717) is 29.3 Å². The van der Waals surface area contributed by atoms with Gasteiger partial charge in [-0.3, -0.25) is 9.69 Å². The number of anilines is 1. The average Bonchev–Trinajstić information content (AvgIpc) is 3.14. The molecule has 2 aromatic rings. The van der Waals surface area contributed by atoms with E-state index in [-0.39, 0.29) is 18.7 Å². The zero-order valence-electron chi connectivity index (χ0n) is 16.7. The van der Waals surface area contributed by atoms with E-state index in [4.69, 9.17) is 9.47 Å². The van der Waals surface area contributed by atoms with Crippen LogP contribution in [-0.2, 0) is 14.3 Å². The Morgan fingerprint density at radius 1 is 1.23 bits per heavy atom.